The van der Waals surface area contributed by atoms with Gasteiger partial charge in [0.25, 0.3) is 0 Å². The Hall–Kier alpha value is -2.88. The first kappa shape index (κ1) is 15.6. The number of pyridine rings is 1. The van der Waals surface area contributed by atoms with Crippen molar-refractivity contribution in [2.45, 2.75) is 19.3 Å². The summed E-state index contributed by atoms with van der Waals surface area (Å²) in [7, 11) is 0. The Morgan fingerprint density at radius 1 is 0.960 bits per heavy atom. The van der Waals surface area contributed by atoms with Crippen molar-refractivity contribution in [3.8, 4) is 5.75 Å². The van der Waals surface area contributed by atoms with Crippen LogP contribution in [0.15, 0.2) is 54.6 Å². The van der Waals surface area contributed by atoms with E-state index in [2.05, 4.69) is 0 Å². The Morgan fingerprint density at radius 2 is 1.76 bits per heavy atom. The van der Waals surface area contributed by atoms with E-state index in [0.717, 1.165) is 47.2 Å². The quantitative estimate of drug-likeness (QED) is 0.524. The van der Waals surface area contributed by atoms with Crippen LogP contribution in [-0.2, 0) is 17.6 Å². The fourth-order valence-electron chi connectivity index (χ4n) is 3.33. The van der Waals surface area contributed by atoms with Crippen LogP contribution in [-0.4, -0.2) is 24.2 Å². The lowest BCUT2D eigenvalue weighted by Gasteiger charge is -2.12. The molecule has 25 heavy (non-hydrogen) atoms. The molecule has 0 atom stereocenters. The number of aryl methyl sites for hydroxylation is 1. The number of carbonyl (C=O) groups is 1. The minimum absolute atomic E-state index is 0.221. The average Bonchev–Trinajstić information content (AvgIpc) is 3.11. The van der Waals surface area contributed by atoms with E-state index in [-0.39, 0.29) is 12.6 Å². The fraction of sp³-hybridized carbons (Fsp3) is 0.238. The zero-order chi connectivity index (χ0) is 17.1. The summed E-state index contributed by atoms with van der Waals surface area (Å²) in [5.41, 5.74) is 3.62. The Bertz CT molecular complexity index is 906. The average molecular weight is 333 g/mol. The topological polar surface area (TPSA) is 48.4 Å². The van der Waals surface area contributed by atoms with E-state index in [4.69, 9.17) is 14.5 Å². The largest absolute Gasteiger partial charge is 0.490 e. The number of para-hydroxylation sites is 2. The molecule has 4 heteroatoms. The molecule has 0 spiro atoms. The Kier molecular flexibility index (Phi) is 4.34. The van der Waals surface area contributed by atoms with Crippen molar-refractivity contribution < 1.29 is 14.3 Å². The van der Waals surface area contributed by atoms with Gasteiger partial charge < -0.3 is 9.47 Å². The van der Waals surface area contributed by atoms with Gasteiger partial charge in [-0.25, -0.2) is 4.79 Å². The summed E-state index contributed by atoms with van der Waals surface area (Å²) in [5.74, 6) is 0.488. The maximum absolute atomic E-state index is 12.7. The van der Waals surface area contributed by atoms with Gasteiger partial charge in [0.15, 0.2) is 0 Å². The zero-order valence-corrected chi connectivity index (χ0v) is 13.9. The van der Waals surface area contributed by atoms with E-state index in [0.29, 0.717) is 12.2 Å². The highest BCUT2D eigenvalue weighted by molar-refractivity contribution is 6.05. The highest BCUT2D eigenvalue weighted by Gasteiger charge is 2.24. The van der Waals surface area contributed by atoms with Gasteiger partial charge in [-0.1, -0.05) is 36.4 Å². The molecule has 4 rings (SSSR count). The van der Waals surface area contributed by atoms with Crippen LogP contribution >= 0.6 is 0 Å². The number of hydrogen-bond acceptors (Lipinski definition) is 4. The van der Waals surface area contributed by atoms with Crippen molar-refractivity contribution in [1.82, 2.24) is 4.98 Å². The fourth-order valence-corrected chi connectivity index (χ4v) is 3.33. The maximum Gasteiger partial charge on any atom is 0.339 e. The molecule has 0 unspecified atom stereocenters. The molecule has 1 aliphatic rings. The van der Waals surface area contributed by atoms with Gasteiger partial charge in [-0.2, -0.15) is 0 Å². The first-order chi connectivity index (χ1) is 12.3. The molecule has 0 aliphatic heterocycles. The van der Waals surface area contributed by atoms with Gasteiger partial charge in [-0.05, 0) is 43.0 Å². The number of esters is 1. The van der Waals surface area contributed by atoms with E-state index in [1.807, 2.05) is 54.6 Å². The van der Waals surface area contributed by atoms with Crippen molar-refractivity contribution in [2.75, 3.05) is 13.2 Å². The Labute approximate surface area is 146 Å². The SMILES string of the molecule is O=C(OCCOc1ccccc1)c1c2c(nc3ccccc13)CCC2. The minimum Gasteiger partial charge on any atom is -0.490 e. The number of nitrogens with zero attached hydrogens (tertiary/aromatic N) is 1. The van der Waals surface area contributed by atoms with Crippen molar-refractivity contribution in [2.24, 2.45) is 0 Å². The molecule has 0 saturated heterocycles. The molecule has 4 nitrogen and oxygen atoms in total. The van der Waals surface area contributed by atoms with Crippen LogP contribution in [0.3, 0.4) is 0 Å². The van der Waals surface area contributed by atoms with E-state index in [1.165, 1.54) is 0 Å². The number of carbonyl (C=O) groups excluding carboxylic acids is 1. The number of benzene rings is 2. The van der Waals surface area contributed by atoms with Crippen molar-refractivity contribution in [3.05, 3.63) is 71.4 Å². The monoisotopic (exact) mass is 333 g/mol. The molecule has 0 fully saturated rings. The third-order valence-electron chi connectivity index (χ3n) is 4.45. The van der Waals surface area contributed by atoms with E-state index >= 15 is 0 Å². The van der Waals surface area contributed by atoms with E-state index in [1.54, 1.807) is 0 Å². The van der Waals surface area contributed by atoms with Crippen molar-refractivity contribution >= 4 is 16.9 Å². The number of hydrogen-bond donors (Lipinski definition) is 0. The lowest BCUT2D eigenvalue weighted by molar-refractivity contribution is 0.0451. The van der Waals surface area contributed by atoms with Crippen LogP contribution in [0.2, 0.25) is 0 Å². The smallest absolute Gasteiger partial charge is 0.339 e. The Balaban J connectivity index is 1.50. The lowest BCUT2D eigenvalue weighted by Crippen LogP contribution is -2.15. The standard InChI is InChI=1S/C21H19NO3/c23-21(25-14-13-24-15-7-2-1-3-8-15)20-16-9-4-5-11-18(16)22-19-12-6-10-17(19)20/h1-5,7-9,11H,6,10,12-14H2. The van der Waals surface area contributed by atoms with Gasteiger partial charge in [0.1, 0.15) is 19.0 Å². The number of aromatic nitrogens is 1. The summed E-state index contributed by atoms with van der Waals surface area (Å²) in [4.78, 5) is 17.4. The highest BCUT2D eigenvalue weighted by Crippen LogP contribution is 2.30. The maximum atomic E-state index is 12.7. The molecular weight excluding hydrogens is 314 g/mol. The van der Waals surface area contributed by atoms with Gasteiger partial charge in [-0.15, -0.1) is 0 Å². The number of ether oxygens (including phenoxy) is 2. The number of fused-ring (bicyclic) bond motifs is 2. The first-order valence-electron chi connectivity index (χ1n) is 8.58. The van der Waals surface area contributed by atoms with Crippen LogP contribution < -0.4 is 4.74 Å². The second kappa shape index (κ2) is 6.93. The third kappa shape index (κ3) is 3.20. The molecule has 0 radical (unpaired) electrons. The lowest BCUT2D eigenvalue weighted by atomic mass is 10.0. The van der Waals surface area contributed by atoms with Crippen LogP contribution in [0.25, 0.3) is 10.9 Å². The number of rotatable bonds is 5. The van der Waals surface area contributed by atoms with E-state index in [9.17, 15) is 4.79 Å². The molecular formula is C21H19NO3. The molecule has 126 valence electrons. The molecule has 0 N–H and O–H groups in total. The van der Waals surface area contributed by atoms with Crippen LogP contribution in [0.4, 0.5) is 0 Å². The summed E-state index contributed by atoms with van der Waals surface area (Å²) in [6.07, 6.45) is 2.85. The molecule has 3 aromatic rings. The summed E-state index contributed by atoms with van der Waals surface area (Å²) < 4.78 is 11.1. The predicted octanol–water partition coefficient (Wildman–Crippen LogP) is 3.96. The van der Waals surface area contributed by atoms with Crippen molar-refractivity contribution in [3.63, 3.8) is 0 Å². The predicted molar refractivity (Wildman–Crippen MR) is 96.0 cm³/mol. The van der Waals surface area contributed by atoms with Gasteiger partial charge >= 0.3 is 5.97 Å². The molecule has 0 bridgehead atoms. The minimum atomic E-state index is -0.284. The van der Waals surface area contributed by atoms with Crippen LogP contribution in [0, 0.1) is 0 Å². The third-order valence-corrected chi connectivity index (χ3v) is 4.45. The molecule has 1 heterocycles. The summed E-state index contributed by atoms with van der Waals surface area (Å²) >= 11 is 0. The molecule has 2 aromatic carbocycles. The first-order valence-corrected chi connectivity index (χ1v) is 8.58. The molecule has 0 saturated carbocycles. The normalized spacial score (nSPS) is 12.8. The van der Waals surface area contributed by atoms with Gasteiger partial charge in [0.05, 0.1) is 11.1 Å². The summed E-state index contributed by atoms with van der Waals surface area (Å²) in [6, 6.07) is 17.3. The van der Waals surface area contributed by atoms with Crippen LogP contribution in [0.1, 0.15) is 28.0 Å². The second-order valence-electron chi connectivity index (χ2n) is 6.08. The van der Waals surface area contributed by atoms with E-state index < -0.39 is 0 Å². The second-order valence-corrected chi connectivity index (χ2v) is 6.08. The summed E-state index contributed by atoms with van der Waals surface area (Å²) in [5, 5.41) is 0.872. The molecule has 1 aliphatic carbocycles. The summed E-state index contributed by atoms with van der Waals surface area (Å²) in [6.45, 7) is 0.556. The van der Waals surface area contributed by atoms with Gasteiger partial charge in [0.2, 0.25) is 0 Å². The molecule has 1 aromatic heterocycles. The zero-order valence-electron chi connectivity index (χ0n) is 13.9. The van der Waals surface area contributed by atoms with Crippen molar-refractivity contribution in [1.29, 1.82) is 0 Å². The Morgan fingerprint density at radius 3 is 2.64 bits per heavy atom. The highest BCUT2D eigenvalue weighted by atomic mass is 16.6. The van der Waals surface area contributed by atoms with Gasteiger partial charge in [0, 0.05) is 11.1 Å². The molecule has 0 amide bonds. The van der Waals surface area contributed by atoms with Gasteiger partial charge in [-0.3, -0.25) is 4.98 Å². The van der Waals surface area contributed by atoms with Crippen LogP contribution in [0.5, 0.6) is 5.75 Å².